The van der Waals surface area contributed by atoms with E-state index in [4.69, 9.17) is 10.2 Å². The van der Waals surface area contributed by atoms with Crippen LogP contribution in [0.5, 0.6) is 11.5 Å². The van der Waals surface area contributed by atoms with Crippen LogP contribution in [0.3, 0.4) is 0 Å². The molecule has 0 spiro atoms. The molecule has 0 fully saturated rings. The molecule has 0 aliphatic carbocycles. The van der Waals surface area contributed by atoms with Gasteiger partial charge in [-0.05, 0) is 6.07 Å². The Morgan fingerprint density at radius 2 is 1.60 bits per heavy atom. The molecular formula is C6H5N2NaO6. The van der Waals surface area contributed by atoms with Gasteiger partial charge in [0.05, 0.1) is 9.85 Å². The van der Waals surface area contributed by atoms with Crippen molar-refractivity contribution in [2.24, 2.45) is 0 Å². The molecule has 0 bridgehead atoms. The summed E-state index contributed by atoms with van der Waals surface area (Å²) in [5.74, 6) is -1.97. The van der Waals surface area contributed by atoms with Crippen molar-refractivity contribution in [1.29, 1.82) is 0 Å². The average Bonchev–Trinajstić information content (AvgIpc) is 2.02. The third-order valence-electron chi connectivity index (χ3n) is 1.49. The van der Waals surface area contributed by atoms with Crippen LogP contribution in [0.2, 0.25) is 0 Å². The Bertz CT molecular complexity index is 420. The van der Waals surface area contributed by atoms with Gasteiger partial charge in [-0.25, -0.2) is 0 Å². The Labute approximate surface area is 105 Å². The molecule has 0 amide bonds. The van der Waals surface area contributed by atoms with Crippen molar-refractivity contribution in [1.82, 2.24) is 0 Å². The van der Waals surface area contributed by atoms with E-state index in [1.165, 1.54) is 0 Å². The first kappa shape index (κ1) is 13.6. The first-order valence-corrected chi connectivity index (χ1v) is 3.29. The van der Waals surface area contributed by atoms with E-state index in [1.54, 1.807) is 0 Å². The van der Waals surface area contributed by atoms with Gasteiger partial charge in [-0.3, -0.25) is 20.2 Å². The van der Waals surface area contributed by atoms with Crippen LogP contribution in [0.15, 0.2) is 12.1 Å². The van der Waals surface area contributed by atoms with Crippen LogP contribution < -0.4 is 0 Å². The van der Waals surface area contributed by atoms with Gasteiger partial charge < -0.3 is 10.2 Å². The van der Waals surface area contributed by atoms with Crippen LogP contribution in [-0.4, -0.2) is 49.6 Å². The Balaban J connectivity index is 0.00000196. The zero-order valence-corrected chi connectivity index (χ0v) is 6.58. The molecule has 0 heterocycles. The van der Waals surface area contributed by atoms with Gasteiger partial charge in [0.1, 0.15) is 0 Å². The molecule has 0 radical (unpaired) electrons. The molecule has 0 aromatic heterocycles. The van der Waals surface area contributed by atoms with Gasteiger partial charge in [0.25, 0.3) is 5.75 Å². The molecule has 1 aromatic rings. The molecule has 0 unspecified atom stereocenters. The Morgan fingerprint density at radius 1 is 1.07 bits per heavy atom. The summed E-state index contributed by atoms with van der Waals surface area (Å²) in [5, 5.41) is 38.5. The number of aromatic hydroxyl groups is 2. The average molecular weight is 224 g/mol. The van der Waals surface area contributed by atoms with Crippen molar-refractivity contribution in [3.63, 3.8) is 0 Å². The van der Waals surface area contributed by atoms with E-state index in [-0.39, 0.29) is 29.6 Å². The van der Waals surface area contributed by atoms with E-state index in [0.717, 1.165) is 12.1 Å². The second kappa shape index (κ2) is 4.91. The number of hydrogen-bond donors (Lipinski definition) is 2. The first-order chi connectivity index (χ1) is 6.45. The van der Waals surface area contributed by atoms with Crippen molar-refractivity contribution in [2.45, 2.75) is 0 Å². The number of phenolic OH excluding ortho intramolecular Hbond substituents is 2. The molecule has 0 aliphatic heterocycles. The molecule has 0 atom stereocenters. The quantitative estimate of drug-likeness (QED) is 0.421. The first-order valence-electron chi connectivity index (χ1n) is 3.29. The summed E-state index contributed by atoms with van der Waals surface area (Å²) in [4.78, 5) is 18.4. The number of hydrogen-bond acceptors (Lipinski definition) is 6. The van der Waals surface area contributed by atoms with Gasteiger partial charge in [0, 0.05) is 6.07 Å². The molecule has 0 saturated heterocycles. The predicted octanol–water partition coefficient (Wildman–Crippen LogP) is 0.266. The van der Waals surface area contributed by atoms with E-state index >= 15 is 0 Å². The number of nitrogens with zero attached hydrogens (tertiary/aromatic N) is 2. The fraction of sp³-hybridized carbons (Fsp3) is 0. The number of benzene rings is 1. The van der Waals surface area contributed by atoms with Crippen LogP contribution in [0.25, 0.3) is 0 Å². The van der Waals surface area contributed by atoms with Crippen molar-refractivity contribution >= 4 is 40.9 Å². The van der Waals surface area contributed by atoms with Crippen molar-refractivity contribution < 1.29 is 20.1 Å². The molecule has 0 saturated carbocycles. The van der Waals surface area contributed by atoms with Crippen LogP contribution >= 0.6 is 0 Å². The number of nitro groups is 2. The molecule has 1 rings (SSSR count). The normalized spacial score (nSPS) is 9.07. The third kappa shape index (κ3) is 2.55. The molecule has 76 valence electrons. The number of nitro benzene ring substituents is 2. The Morgan fingerprint density at radius 3 is 2.00 bits per heavy atom. The second-order valence-electron chi connectivity index (χ2n) is 2.32. The van der Waals surface area contributed by atoms with Crippen LogP contribution in [0.4, 0.5) is 11.4 Å². The van der Waals surface area contributed by atoms with Crippen molar-refractivity contribution in [3.05, 3.63) is 32.4 Å². The van der Waals surface area contributed by atoms with E-state index in [9.17, 15) is 20.2 Å². The summed E-state index contributed by atoms with van der Waals surface area (Å²) in [5.41, 5.74) is -1.89. The van der Waals surface area contributed by atoms with Gasteiger partial charge >= 0.3 is 40.9 Å². The zero-order chi connectivity index (χ0) is 10.9. The maximum atomic E-state index is 10.3. The molecular weight excluding hydrogens is 219 g/mol. The van der Waals surface area contributed by atoms with E-state index < -0.39 is 32.7 Å². The van der Waals surface area contributed by atoms with E-state index in [2.05, 4.69) is 0 Å². The Hall–Kier alpha value is -1.38. The molecule has 2 N–H and O–H groups in total. The third-order valence-corrected chi connectivity index (χ3v) is 1.49. The van der Waals surface area contributed by atoms with Crippen LogP contribution in [0.1, 0.15) is 0 Å². The second-order valence-corrected chi connectivity index (χ2v) is 2.32. The minimum absolute atomic E-state index is 0. The predicted molar refractivity (Wildman–Crippen MR) is 50.2 cm³/mol. The number of rotatable bonds is 2. The summed E-state index contributed by atoms with van der Waals surface area (Å²) >= 11 is 0. The van der Waals surface area contributed by atoms with E-state index in [1.807, 2.05) is 0 Å². The summed E-state index contributed by atoms with van der Waals surface area (Å²) in [7, 11) is 0. The molecule has 8 nitrogen and oxygen atoms in total. The monoisotopic (exact) mass is 224 g/mol. The SMILES string of the molecule is O=[N+]([O-])c1ccc(O)c([N+](=O)[O-])c1O.[NaH]. The molecule has 9 heteroatoms. The fourth-order valence-electron chi connectivity index (χ4n) is 0.886. The molecule has 15 heavy (non-hydrogen) atoms. The Kier molecular flexibility index (Phi) is 4.46. The molecule has 1 aromatic carbocycles. The number of phenols is 2. The fourth-order valence-corrected chi connectivity index (χ4v) is 0.886. The topological polar surface area (TPSA) is 127 Å². The standard InChI is InChI=1S/C6H4N2O6.Na.H/c9-4-2-1-3(7(11)12)6(10)5(4)8(13)14;;/h1-2,9-10H;;. The maximum absolute atomic E-state index is 10.3. The summed E-state index contributed by atoms with van der Waals surface area (Å²) < 4.78 is 0. The van der Waals surface area contributed by atoms with Crippen molar-refractivity contribution in [3.8, 4) is 11.5 Å². The van der Waals surface area contributed by atoms with Gasteiger partial charge in [-0.1, -0.05) is 0 Å². The van der Waals surface area contributed by atoms with E-state index in [0.29, 0.717) is 0 Å². The summed E-state index contributed by atoms with van der Waals surface area (Å²) in [6.45, 7) is 0. The summed E-state index contributed by atoms with van der Waals surface area (Å²) in [6, 6.07) is 1.55. The van der Waals surface area contributed by atoms with Gasteiger partial charge in [-0.15, -0.1) is 0 Å². The minimum atomic E-state index is -1.15. The van der Waals surface area contributed by atoms with Gasteiger partial charge in [0.15, 0.2) is 5.75 Å². The molecule has 0 aliphatic rings. The van der Waals surface area contributed by atoms with Gasteiger partial charge in [0.2, 0.25) is 0 Å². The summed E-state index contributed by atoms with van der Waals surface area (Å²) in [6.07, 6.45) is 0. The van der Waals surface area contributed by atoms with Crippen LogP contribution in [0, 0.1) is 20.2 Å². The van der Waals surface area contributed by atoms with Crippen LogP contribution in [-0.2, 0) is 0 Å². The van der Waals surface area contributed by atoms with Crippen molar-refractivity contribution in [2.75, 3.05) is 0 Å². The zero-order valence-electron chi connectivity index (χ0n) is 6.58. The van der Waals surface area contributed by atoms with Gasteiger partial charge in [-0.2, -0.15) is 0 Å².